The lowest BCUT2D eigenvalue weighted by Gasteiger charge is -2.10. The van der Waals surface area contributed by atoms with Crippen molar-refractivity contribution >= 4 is 46.6 Å². The number of allylic oxidation sites excluding steroid dienone is 1. The number of benzene rings is 2. The van der Waals surface area contributed by atoms with Gasteiger partial charge in [-0.1, -0.05) is 53.7 Å². The van der Waals surface area contributed by atoms with Crippen LogP contribution in [0.2, 0.25) is 5.02 Å². The average Bonchev–Trinajstić information content (AvgIpc) is 3.12. The molecule has 0 atom stereocenters. The predicted molar refractivity (Wildman–Crippen MR) is 129 cm³/mol. The molecule has 0 aliphatic rings. The molecule has 2 amide bonds. The Balaban J connectivity index is 1.64. The van der Waals surface area contributed by atoms with Crippen LogP contribution in [0, 0.1) is 13.8 Å². The van der Waals surface area contributed by atoms with Crippen molar-refractivity contribution in [1.82, 2.24) is 14.8 Å². The molecule has 0 spiro atoms. The lowest BCUT2D eigenvalue weighted by molar-refractivity contribution is -0.116. The van der Waals surface area contributed by atoms with Gasteiger partial charge in [0, 0.05) is 12.2 Å². The van der Waals surface area contributed by atoms with Crippen molar-refractivity contribution in [2.75, 3.05) is 16.4 Å². The highest BCUT2D eigenvalue weighted by Gasteiger charge is 2.17. The summed E-state index contributed by atoms with van der Waals surface area (Å²) >= 11 is 7.36. The highest BCUT2D eigenvalue weighted by atomic mass is 35.5. The molecule has 0 aliphatic heterocycles. The fourth-order valence-corrected chi connectivity index (χ4v) is 3.91. The molecule has 0 radical (unpaired) electrons. The van der Waals surface area contributed by atoms with E-state index < -0.39 is 0 Å². The van der Waals surface area contributed by atoms with Crippen molar-refractivity contribution in [2.45, 2.75) is 32.0 Å². The number of hydrogen-bond acceptors (Lipinski definition) is 5. The van der Waals surface area contributed by atoms with Crippen molar-refractivity contribution in [2.24, 2.45) is 0 Å². The van der Waals surface area contributed by atoms with Crippen LogP contribution in [0.4, 0.5) is 11.4 Å². The molecule has 0 aliphatic carbocycles. The van der Waals surface area contributed by atoms with Crippen LogP contribution < -0.4 is 10.6 Å². The van der Waals surface area contributed by atoms with Crippen molar-refractivity contribution in [3.05, 3.63) is 77.1 Å². The molecule has 9 heteroatoms. The number of thioether (sulfide) groups is 1. The zero-order valence-corrected chi connectivity index (χ0v) is 19.5. The van der Waals surface area contributed by atoms with Gasteiger partial charge in [-0.15, -0.1) is 16.8 Å². The van der Waals surface area contributed by atoms with Gasteiger partial charge in [0.25, 0.3) is 0 Å². The molecular weight excluding hydrogens is 446 g/mol. The van der Waals surface area contributed by atoms with Crippen molar-refractivity contribution < 1.29 is 9.59 Å². The maximum absolute atomic E-state index is 12.5. The van der Waals surface area contributed by atoms with Gasteiger partial charge in [-0.05, 0) is 43.2 Å². The van der Waals surface area contributed by atoms with E-state index in [1.165, 1.54) is 11.8 Å². The minimum absolute atomic E-state index is 0.0152. The second-order valence-electron chi connectivity index (χ2n) is 7.16. The van der Waals surface area contributed by atoms with E-state index in [2.05, 4.69) is 27.4 Å². The van der Waals surface area contributed by atoms with Gasteiger partial charge < -0.3 is 15.2 Å². The summed E-state index contributed by atoms with van der Waals surface area (Å²) < 4.78 is 1.77. The summed E-state index contributed by atoms with van der Waals surface area (Å²) in [5.41, 5.74) is 3.39. The Hall–Kier alpha value is -3.10. The van der Waals surface area contributed by atoms with E-state index in [0.29, 0.717) is 28.2 Å². The molecule has 0 saturated heterocycles. The monoisotopic (exact) mass is 469 g/mol. The molecule has 2 N–H and O–H groups in total. The third kappa shape index (κ3) is 6.21. The van der Waals surface area contributed by atoms with E-state index in [1.54, 1.807) is 34.9 Å². The molecule has 0 bridgehead atoms. The van der Waals surface area contributed by atoms with E-state index in [-0.39, 0.29) is 24.0 Å². The van der Waals surface area contributed by atoms with Crippen molar-refractivity contribution in [3.8, 4) is 0 Å². The second kappa shape index (κ2) is 11.0. The van der Waals surface area contributed by atoms with Gasteiger partial charge in [-0.25, -0.2) is 0 Å². The Morgan fingerprint density at radius 3 is 2.59 bits per heavy atom. The molecule has 32 heavy (non-hydrogen) atoms. The van der Waals surface area contributed by atoms with Gasteiger partial charge in [0.2, 0.25) is 11.8 Å². The summed E-state index contributed by atoms with van der Waals surface area (Å²) in [4.78, 5) is 24.9. The van der Waals surface area contributed by atoms with Crippen LogP contribution in [-0.2, 0) is 22.6 Å². The lowest BCUT2D eigenvalue weighted by Crippen LogP contribution is -2.18. The Morgan fingerprint density at radius 2 is 1.84 bits per heavy atom. The Bertz CT molecular complexity index is 1150. The largest absolute Gasteiger partial charge is 0.325 e. The topological polar surface area (TPSA) is 88.9 Å². The predicted octanol–water partition coefficient (Wildman–Crippen LogP) is 4.65. The van der Waals surface area contributed by atoms with Crippen LogP contribution in [-0.4, -0.2) is 32.3 Å². The van der Waals surface area contributed by atoms with E-state index >= 15 is 0 Å². The smallest absolute Gasteiger partial charge is 0.234 e. The quantitative estimate of drug-likeness (QED) is 0.352. The molecule has 0 unspecified atom stereocenters. The number of amides is 2. The van der Waals surface area contributed by atoms with Crippen LogP contribution in [0.5, 0.6) is 0 Å². The number of hydrogen-bond donors (Lipinski definition) is 2. The van der Waals surface area contributed by atoms with Gasteiger partial charge in [0.1, 0.15) is 5.82 Å². The number of rotatable bonds is 9. The lowest BCUT2D eigenvalue weighted by atomic mass is 10.1. The highest BCUT2D eigenvalue weighted by molar-refractivity contribution is 7.99. The number of aromatic nitrogens is 3. The molecule has 3 aromatic rings. The number of anilines is 2. The van der Waals surface area contributed by atoms with E-state index in [9.17, 15) is 9.59 Å². The van der Waals surface area contributed by atoms with E-state index in [1.807, 2.05) is 32.0 Å². The average molecular weight is 470 g/mol. The van der Waals surface area contributed by atoms with Crippen LogP contribution >= 0.6 is 23.4 Å². The first-order valence-corrected chi connectivity index (χ1v) is 11.3. The number of carbonyl (C=O) groups excluding carboxylic acids is 2. The molecule has 7 nitrogen and oxygen atoms in total. The van der Waals surface area contributed by atoms with Gasteiger partial charge in [-0.2, -0.15) is 0 Å². The first kappa shape index (κ1) is 23.6. The first-order valence-electron chi connectivity index (χ1n) is 9.94. The number of halogens is 1. The maximum Gasteiger partial charge on any atom is 0.234 e. The van der Waals surface area contributed by atoms with Gasteiger partial charge in [0.15, 0.2) is 5.16 Å². The maximum atomic E-state index is 12.5. The summed E-state index contributed by atoms with van der Waals surface area (Å²) in [5, 5.41) is 15.0. The number of carbonyl (C=O) groups is 2. The SMILES string of the molecule is C=CCn1c(CC(=O)Nc2ccccc2Cl)nnc1SCC(=O)Nc1cc(C)ccc1C. The first-order chi connectivity index (χ1) is 15.4. The van der Waals surface area contributed by atoms with Crippen LogP contribution in [0.3, 0.4) is 0 Å². The number of nitrogens with one attached hydrogen (secondary N) is 2. The highest BCUT2D eigenvalue weighted by Crippen LogP contribution is 2.22. The third-order valence-corrected chi connectivity index (χ3v) is 5.87. The summed E-state index contributed by atoms with van der Waals surface area (Å²) in [6.07, 6.45) is 1.71. The van der Waals surface area contributed by atoms with Crippen molar-refractivity contribution in [1.29, 1.82) is 0 Å². The zero-order valence-electron chi connectivity index (χ0n) is 17.9. The number of nitrogens with zero attached hydrogens (tertiary/aromatic N) is 3. The van der Waals surface area contributed by atoms with Gasteiger partial charge >= 0.3 is 0 Å². The normalized spacial score (nSPS) is 10.6. The van der Waals surface area contributed by atoms with Crippen LogP contribution in [0.15, 0.2) is 60.3 Å². The Morgan fingerprint density at radius 1 is 1.09 bits per heavy atom. The molecule has 166 valence electrons. The van der Waals surface area contributed by atoms with Gasteiger partial charge in [-0.3, -0.25) is 9.59 Å². The van der Waals surface area contributed by atoms with Crippen LogP contribution in [0.1, 0.15) is 17.0 Å². The molecule has 0 saturated carbocycles. The van der Waals surface area contributed by atoms with Crippen LogP contribution in [0.25, 0.3) is 0 Å². The molecule has 1 heterocycles. The fraction of sp³-hybridized carbons (Fsp3) is 0.217. The minimum atomic E-state index is -0.264. The third-order valence-electron chi connectivity index (χ3n) is 4.57. The van der Waals surface area contributed by atoms with Gasteiger partial charge in [0.05, 0.1) is 22.9 Å². The standard InChI is InChI=1S/C23H24ClN5O2S/c1-4-11-29-20(13-21(30)25-18-8-6-5-7-17(18)24)27-28-23(29)32-14-22(31)26-19-12-15(2)9-10-16(19)3/h4-10,12H,1,11,13-14H2,2-3H3,(H,25,30)(H,26,31). The van der Waals surface area contributed by atoms with Crippen molar-refractivity contribution in [3.63, 3.8) is 0 Å². The number of aryl methyl sites for hydroxylation is 2. The summed E-state index contributed by atoms with van der Waals surface area (Å²) in [6, 6.07) is 12.9. The summed E-state index contributed by atoms with van der Waals surface area (Å²) in [6.45, 7) is 8.11. The summed E-state index contributed by atoms with van der Waals surface area (Å²) in [7, 11) is 0. The molecule has 3 rings (SSSR count). The fourth-order valence-electron chi connectivity index (χ4n) is 2.96. The molecule has 1 aromatic heterocycles. The molecular formula is C23H24ClN5O2S. The molecule has 2 aromatic carbocycles. The van der Waals surface area contributed by atoms with E-state index in [0.717, 1.165) is 16.8 Å². The Labute approximate surface area is 196 Å². The minimum Gasteiger partial charge on any atom is -0.325 e. The van der Waals surface area contributed by atoms with E-state index in [4.69, 9.17) is 11.6 Å². The number of para-hydroxylation sites is 1. The zero-order chi connectivity index (χ0) is 23.1. The second-order valence-corrected chi connectivity index (χ2v) is 8.51. The Kier molecular flexibility index (Phi) is 8.08. The summed E-state index contributed by atoms with van der Waals surface area (Å²) in [5.74, 6) is 0.232. The molecule has 0 fully saturated rings.